The topological polar surface area (TPSA) is 99.4 Å². The van der Waals surface area contributed by atoms with E-state index in [4.69, 9.17) is 4.74 Å². The summed E-state index contributed by atoms with van der Waals surface area (Å²) in [7, 11) is 0.697. The minimum absolute atomic E-state index is 0.0170. The Morgan fingerprint density at radius 2 is 1.74 bits per heavy atom. The number of methoxy groups -OCH3 is 1. The van der Waals surface area contributed by atoms with E-state index in [2.05, 4.69) is 16.9 Å². The molecule has 8 nitrogen and oxygen atoms in total. The molecule has 0 amide bonds. The van der Waals surface area contributed by atoms with Crippen molar-refractivity contribution in [2.45, 2.75) is 30.6 Å². The van der Waals surface area contributed by atoms with Crippen LogP contribution in [0.15, 0.2) is 44.8 Å². The molecule has 9 heteroatoms. The lowest BCUT2D eigenvalue weighted by Crippen LogP contribution is -2.37. The van der Waals surface area contributed by atoms with Gasteiger partial charge < -0.3 is 4.74 Å². The first-order valence-corrected chi connectivity index (χ1v) is 11.6. The van der Waals surface area contributed by atoms with Gasteiger partial charge in [0.25, 0.3) is 5.56 Å². The van der Waals surface area contributed by atoms with E-state index in [0.29, 0.717) is 11.9 Å². The summed E-state index contributed by atoms with van der Waals surface area (Å²) in [6, 6.07) is 8.36. The summed E-state index contributed by atoms with van der Waals surface area (Å²) in [5.41, 5.74) is 2.96. The van der Waals surface area contributed by atoms with Gasteiger partial charge in [0.05, 0.1) is 22.9 Å². The standard InChI is InChI=1S/C22H25N3O5S/c1-24-19-8-7-17(13-18(19)21(26)25(2)22(24)27)31(28,29)23-10-9-16-11-14-5-4-6-15(14)12-20(16)30-3/h7-8,11-13,23H,4-6,9-10H2,1-3H3. The highest BCUT2D eigenvalue weighted by Gasteiger charge is 2.19. The van der Waals surface area contributed by atoms with E-state index in [0.717, 1.165) is 35.1 Å². The van der Waals surface area contributed by atoms with Gasteiger partial charge in [-0.1, -0.05) is 6.07 Å². The smallest absolute Gasteiger partial charge is 0.330 e. The normalized spacial score (nSPS) is 13.5. The minimum Gasteiger partial charge on any atom is -0.496 e. The quantitative estimate of drug-likeness (QED) is 0.618. The molecule has 0 radical (unpaired) electrons. The van der Waals surface area contributed by atoms with E-state index >= 15 is 0 Å². The Labute approximate surface area is 180 Å². The van der Waals surface area contributed by atoms with Crippen LogP contribution in [-0.2, 0) is 43.4 Å². The fourth-order valence-electron chi connectivity index (χ4n) is 4.18. The summed E-state index contributed by atoms with van der Waals surface area (Å²) in [6.07, 6.45) is 3.69. The van der Waals surface area contributed by atoms with Gasteiger partial charge in [-0.15, -0.1) is 0 Å². The number of fused-ring (bicyclic) bond motifs is 2. The summed E-state index contributed by atoms with van der Waals surface area (Å²) in [4.78, 5) is 24.5. The molecule has 1 N–H and O–H groups in total. The molecule has 1 heterocycles. The Kier molecular flexibility index (Phi) is 5.49. The van der Waals surface area contributed by atoms with Crippen molar-refractivity contribution in [2.75, 3.05) is 13.7 Å². The van der Waals surface area contributed by atoms with Gasteiger partial charge >= 0.3 is 5.69 Å². The maximum Gasteiger partial charge on any atom is 0.330 e. The van der Waals surface area contributed by atoms with Gasteiger partial charge in [0.1, 0.15) is 5.75 Å². The number of benzene rings is 2. The van der Waals surface area contributed by atoms with Crippen LogP contribution in [0.5, 0.6) is 5.75 Å². The van der Waals surface area contributed by atoms with E-state index in [-0.39, 0.29) is 16.8 Å². The van der Waals surface area contributed by atoms with E-state index in [9.17, 15) is 18.0 Å². The van der Waals surface area contributed by atoms with E-state index in [1.807, 2.05) is 0 Å². The van der Waals surface area contributed by atoms with Gasteiger partial charge in [-0.05, 0) is 66.6 Å². The van der Waals surface area contributed by atoms with Crippen LogP contribution in [0.3, 0.4) is 0 Å². The van der Waals surface area contributed by atoms with Crippen LogP contribution in [0, 0.1) is 0 Å². The Hall–Kier alpha value is -2.91. The summed E-state index contributed by atoms with van der Waals surface area (Å²) < 4.78 is 36.1. The molecule has 164 valence electrons. The van der Waals surface area contributed by atoms with Crippen molar-refractivity contribution < 1.29 is 13.2 Å². The first-order chi connectivity index (χ1) is 14.7. The second-order valence-electron chi connectivity index (χ2n) is 7.82. The van der Waals surface area contributed by atoms with Crippen molar-refractivity contribution in [3.8, 4) is 5.75 Å². The maximum absolute atomic E-state index is 12.8. The van der Waals surface area contributed by atoms with Crippen molar-refractivity contribution in [3.05, 3.63) is 67.9 Å². The van der Waals surface area contributed by atoms with Crippen molar-refractivity contribution in [2.24, 2.45) is 14.1 Å². The molecular weight excluding hydrogens is 418 g/mol. The SMILES string of the molecule is COc1cc2c(cc1CCNS(=O)(=O)c1ccc3c(c1)c(=O)n(C)c(=O)n3C)CCC2. The Bertz CT molecular complexity index is 1400. The van der Waals surface area contributed by atoms with Gasteiger partial charge in [-0.25, -0.2) is 17.9 Å². The van der Waals surface area contributed by atoms with Crippen LogP contribution < -0.4 is 20.7 Å². The highest BCUT2D eigenvalue weighted by atomic mass is 32.2. The number of aromatic nitrogens is 2. The lowest BCUT2D eigenvalue weighted by Gasteiger charge is -2.13. The average Bonchev–Trinajstić information content (AvgIpc) is 3.22. The zero-order valence-electron chi connectivity index (χ0n) is 17.8. The lowest BCUT2D eigenvalue weighted by atomic mass is 10.0. The molecule has 0 fully saturated rings. The molecule has 31 heavy (non-hydrogen) atoms. The zero-order valence-corrected chi connectivity index (χ0v) is 18.6. The molecule has 0 bridgehead atoms. The van der Waals surface area contributed by atoms with E-state index in [1.54, 1.807) is 14.2 Å². The highest BCUT2D eigenvalue weighted by molar-refractivity contribution is 7.89. The molecule has 1 aliphatic carbocycles. The molecule has 4 rings (SSSR count). The first-order valence-electron chi connectivity index (χ1n) is 10.1. The third kappa shape index (κ3) is 3.79. The number of ether oxygens (including phenoxy) is 1. The number of rotatable bonds is 6. The zero-order chi connectivity index (χ0) is 22.3. The van der Waals surface area contributed by atoms with Crippen molar-refractivity contribution in [1.82, 2.24) is 13.9 Å². The molecular formula is C22H25N3O5S. The third-order valence-electron chi connectivity index (χ3n) is 5.93. The molecule has 2 aromatic carbocycles. The number of aryl methyl sites for hydroxylation is 3. The Morgan fingerprint density at radius 1 is 1.03 bits per heavy atom. The first kappa shape index (κ1) is 21.3. The highest BCUT2D eigenvalue weighted by Crippen LogP contribution is 2.30. The third-order valence-corrected chi connectivity index (χ3v) is 7.39. The predicted molar refractivity (Wildman–Crippen MR) is 118 cm³/mol. The second kappa shape index (κ2) is 7.97. The van der Waals surface area contributed by atoms with Gasteiger partial charge in [0.15, 0.2) is 0 Å². The molecule has 0 atom stereocenters. The van der Waals surface area contributed by atoms with Crippen LogP contribution in [0.1, 0.15) is 23.1 Å². The summed E-state index contributed by atoms with van der Waals surface area (Å²) >= 11 is 0. The van der Waals surface area contributed by atoms with Gasteiger partial charge in [-0.3, -0.25) is 13.9 Å². The van der Waals surface area contributed by atoms with Crippen molar-refractivity contribution >= 4 is 20.9 Å². The number of nitrogens with zero attached hydrogens (tertiary/aromatic N) is 2. The van der Waals surface area contributed by atoms with Crippen molar-refractivity contribution in [1.29, 1.82) is 0 Å². The van der Waals surface area contributed by atoms with Crippen LogP contribution in [-0.4, -0.2) is 31.2 Å². The number of hydrogen-bond donors (Lipinski definition) is 1. The maximum atomic E-state index is 12.8. The minimum atomic E-state index is -3.83. The van der Waals surface area contributed by atoms with E-state index < -0.39 is 21.3 Å². The number of sulfonamides is 1. The monoisotopic (exact) mass is 443 g/mol. The lowest BCUT2D eigenvalue weighted by molar-refractivity contribution is 0.409. The average molecular weight is 444 g/mol. The molecule has 0 spiro atoms. The van der Waals surface area contributed by atoms with Crippen LogP contribution >= 0.6 is 0 Å². The second-order valence-corrected chi connectivity index (χ2v) is 9.59. The molecule has 0 unspecified atom stereocenters. The fraction of sp³-hybridized carbons (Fsp3) is 0.364. The molecule has 0 aliphatic heterocycles. The Morgan fingerprint density at radius 3 is 2.45 bits per heavy atom. The summed E-state index contributed by atoms with van der Waals surface area (Å²) in [6.45, 7) is 0.195. The van der Waals surface area contributed by atoms with Gasteiger partial charge in [0, 0.05) is 20.6 Å². The molecule has 0 saturated carbocycles. The van der Waals surface area contributed by atoms with Crippen LogP contribution in [0.4, 0.5) is 0 Å². The fourth-order valence-corrected chi connectivity index (χ4v) is 5.24. The molecule has 0 saturated heterocycles. The predicted octanol–water partition coefficient (Wildman–Crippen LogP) is 1.26. The molecule has 1 aliphatic rings. The van der Waals surface area contributed by atoms with Crippen molar-refractivity contribution in [3.63, 3.8) is 0 Å². The van der Waals surface area contributed by atoms with Gasteiger partial charge in [-0.2, -0.15) is 0 Å². The number of nitrogens with one attached hydrogen (secondary N) is 1. The van der Waals surface area contributed by atoms with Crippen LogP contribution in [0.2, 0.25) is 0 Å². The van der Waals surface area contributed by atoms with Gasteiger partial charge in [0.2, 0.25) is 10.0 Å². The largest absolute Gasteiger partial charge is 0.496 e. The number of hydrogen-bond acceptors (Lipinski definition) is 5. The van der Waals surface area contributed by atoms with E-state index in [1.165, 1.54) is 40.9 Å². The molecule has 3 aromatic rings. The summed E-state index contributed by atoms with van der Waals surface area (Å²) in [5.74, 6) is 0.773. The Balaban J connectivity index is 1.58. The molecule has 1 aromatic heterocycles. The summed E-state index contributed by atoms with van der Waals surface area (Å²) in [5, 5.41) is 0.174. The van der Waals surface area contributed by atoms with Crippen LogP contribution in [0.25, 0.3) is 10.9 Å².